The van der Waals surface area contributed by atoms with E-state index in [0.717, 1.165) is 33.4 Å². The van der Waals surface area contributed by atoms with Crippen LogP contribution in [0.5, 0.6) is 0 Å². The van der Waals surface area contributed by atoms with E-state index in [1.807, 2.05) is 0 Å². The van der Waals surface area contributed by atoms with Crippen molar-refractivity contribution in [2.45, 2.75) is 19.2 Å². The number of carbonyl (C=O) groups excluding carboxylic acids is 3. The third-order valence-electron chi connectivity index (χ3n) is 4.59. The molecule has 0 fully saturated rings. The number of halogens is 3. The van der Waals surface area contributed by atoms with Gasteiger partial charge in [-0.3, -0.25) is 19.4 Å². The van der Waals surface area contributed by atoms with Gasteiger partial charge in [-0.25, -0.2) is 4.98 Å². The van der Waals surface area contributed by atoms with Gasteiger partial charge in [-0.15, -0.1) is 22.7 Å². The fourth-order valence-electron chi connectivity index (χ4n) is 3.02. The molecule has 0 atom stereocenters. The number of benzene rings is 1. The van der Waals surface area contributed by atoms with E-state index >= 15 is 0 Å². The summed E-state index contributed by atoms with van der Waals surface area (Å²) < 4.78 is 44.9. The predicted octanol–water partition coefficient (Wildman–Crippen LogP) is 5.34. The zero-order chi connectivity index (χ0) is 24.3. The molecule has 0 radical (unpaired) electrons. The Kier molecular flexibility index (Phi) is 6.70. The first kappa shape index (κ1) is 23.5. The van der Waals surface area contributed by atoms with Gasteiger partial charge in [0, 0.05) is 11.8 Å². The molecule has 4 aromatic rings. The summed E-state index contributed by atoms with van der Waals surface area (Å²) >= 11 is 2.25. The molecule has 1 amide bonds. The van der Waals surface area contributed by atoms with Crippen molar-refractivity contribution in [1.29, 1.82) is 0 Å². The van der Waals surface area contributed by atoms with Crippen LogP contribution in [0.3, 0.4) is 0 Å². The zero-order valence-electron chi connectivity index (χ0n) is 17.1. The lowest BCUT2D eigenvalue weighted by Crippen LogP contribution is -2.16. The maximum absolute atomic E-state index is 13.1. The van der Waals surface area contributed by atoms with Gasteiger partial charge >= 0.3 is 12.1 Å². The Labute approximate surface area is 198 Å². The topological polar surface area (TPSA) is 98.2 Å². The Bertz CT molecular complexity index is 1350. The third-order valence-corrected chi connectivity index (χ3v) is 6.46. The number of anilines is 1. The second-order valence-electron chi connectivity index (χ2n) is 6.90. The molecule has 0 aliphatic carbocycles. The SMILES string of the molecule is O=C(CC(=O)c1ccsc1NC(=O)c1nc2cnccc2s1)OCc1ccccc1C(F)(F)F. The summed E-state index contributed by atoms with van der Waals surface area (Å²) in [6.45, 7) is -0.624. The van der Waals surface area contributed by atoms with Crippen molar-refractivity contribution in [3.05, 3.63) is 75.9 Å². The number of hydrogen-bond donors (Lipinski definition) is 1. The van der Waals surface area contributed by atoms with E-state index in [1.165, 1.54) is 30.5 Å². The highest BCUT2D eigenvalue weighted by Crippen LogP contribution is 2.32. The van der Waals surface area contributed by atoms with Crippen LogP contribution in [0.25, 0.3) is 10.2 Å². The molecule has 3 aromatic heterocycles. The van der Waals surface area contributed by atoms with Crippen molar-refractivity contribution in [1.82, 2.24) is 9.97 Å². The lowest BCUT2D eigenvalue weighted by molar-refractivity contribution is -0.147. The molecule has 4 rings (SSSR count). The van der Waals surface area contributed by atoms with Gasteiger partial charge in [0.1, 0.15) is 23.5 Å². The minimum Gasteiger partial charge on any atom is -0.460 e. The summed E-state index contributed by atoms with van der Waals surface area (Å²) in [5.74, 6) is -2.15. The number of esters is 1. The monoisotopic (exact) mass is 505 g/mol. The molecular weight excluding hydrogens is 491 g/mol. The fraction of sp³-hybridized carbons (Fsp3) is 0.136. The summed E-state index contributed by atoms with van der Waals surface area (Å²) in [5.41, 5.74) is -0.475. The Hall–Kier alpha value is -3.64. The second-order valence-corrected chi connectivity index (χ2v) is 8.84. The van der Waals surface area contributed by atoms with Gasteiger partial charge in [-0.2, -0.15) is 13.2 Å². The number of nitrogens with zero attached hydrogens (tertiary/aromatic N) is 2. The number of rotatable bonds is 7. The van der Waals surface area contributed by atoms with Crippen molar-refractivity contribution in [2.75, 3.05) is 5.32 Å². The second kappa shape index (κ2) is 9.69. The van der Waals surface area contributed by atoms with Gasteiger partial charge in [0.15, 0.2) is 10.8 Å². The van der Waals surface area contributed by atoms with Crippen molar-refractivity contribution in [3.63, 3.8) is 0 Å². The van der Waals surface area contributed by atoms with Crippen LogP contribution in [-0.4, -0.2) is 27.6 Å². The summed E-state index contributed by atoms with van der Waals surface area (Å²) in [6, 6.07) is 7.87. The Morgan fingerprint density at radius 3 is 2.65 bits per heavy atom. The molecule has 0 unspecified atom stereocenters. The number of carbonyl (C=O) groups is 3. The Morgan fingerprint density at radius 1 is 1.09 bits per heavy atom. The summed E-state index contributed by atoms with van der Waals surface area (Å²) in [5, 5.41) is 4.58. The lowest BCUT2D eigenvalue weighted by Gasteiger charge is -2.12. The molecule has 0 aliphatic heterocycles. The normalized spacial score (nSPS) is 11.4. The lowest BCUT2D eigenvalue weighted by atomic mass is 10.1. The van der Waals surface area contributed by atoms with Crippen LogP contribution in [-0.2, 0) is 22.3 Å². The van der Waals surface area contributed by atoms with E-state index in [9.17, 15) is 27.6 Å². The maximum Gasteiger partial charge on any atom is 0.416 e. The number of thiophene rings is 1. The van der Waals surface area contributed by atoms with Crippen LogP contribution < -0.4 is 5.32 Å². The number of ether oxygens (including phenoxy) is 1. The number of pyridine rings is 1. The number of fused-ring (bicyclic) bond motifs is 1. The maximum atomic E-state index is 13.1. The molecule has 1 N–H and O–H groups in total. The first-order valence-electron chi connectivity index (χ1n) is 9.65. The molecule has 3 heterocycles. The molecule has 0 saturated heterocycles. The minimum absolute atomic E-state index is 0.0915. The van der Waals surface area contributed by atoms with Crippen LogP contribution in [0.15, 0.2) is 54.2 Å². The number of ketones is 1. The van der Waals surface area contributed by atoms with Crippen LogP contribution in [0, 0.1) is 0 Å². The molecule has 34 heavy (non-hydrogen) atoms. The standard InChI is InChI=1S/C22H14F3N3O4S2/c23-22(24,25)14-4-2-1-3-12(14)11-32-18(30)9-16(29)13-6-8-33-20(13)28-19(31)21-27-15-10-26-7-5-17(15)34-21/h1-8,10H,9,11H2,(H,28,31). The molecule has 0 aliphatic rings. The molecular formula is C22H14F3N3O4S2. The number of amides is 1. The average Bonchev–Trinajstić information content (AvgIpc) is 3.44. The number of aromatic nitrogens is 2. The van der Waals surface area contributed by atoms with Crippen molar-refractivity contribution >= 4 is 55.6 Å². The molecule has 0 spiro atoms. The Balaban J connectivity index is 1.39. The minimum atomic E-state index is -4.59. The quantitative estimate of drug-likeness (QED) is 0.207. The van der Waals surface area contributed by atoms with E-state index in [1.54, 1.807) is 17.6 Å². The van der Waals surface area contributed by atoms with Crippen LogP contribution in [0.4, 0.5) is 18.2 Å². The molecule has 7 nitrogen and oxygen atoms in total. The van der Waals surface area contributed by atoms with E-state index < -0.39 is 42.4 Å². The first-order valence-corrected chi connectivity index (χ1v) is 11.4. The molecule has 1 aromatic carbocycles. The van der Waals surface area contributed by atoms with E-state index in [4.69, 9.17) is 4.74 Å². The Morgan fingerprint density at radius 2 is 1.88 bits per heavy atom. The smallest absolute Gasteiger partial charge is 0.416 e. The average molecular weight is 505 g/mol. The van der Waals surface area contributed by atoms with Gasteiger partial charge < -0.3 is 10.1 Å². The number of hydrogen-bond acceptors (Lipinski definition) is 8. The number of Topliss-reactive ketones (excluding diaryl/α,β-unsaturated/α-hetero) is 1. The van der Waals surface area contributed by atoms with E-state index in [-0.39, 0.29) is 21.1 Å². The van der Waals surface area contributed by atoms with Gasteiger partial charge in [0.05, 0.1) is 22.0 Å². The van der Waals surface area contributed by atoms with E-state index in [0.29, 0.717) is 5.52 Å². The summed E-state index contributed by atoms with van der Waals surface area (Å²) in [7, 11) is 0. The van der Waals surface area contributed by atoms with Gasteiger partial charge in [-0.1, -0.05) is 18.2 Å². The fourth-order valence-corrected chi connectivity index (χ4v) is 4.65. The van der Waals surface area contributed by atoms with Crippen LogP contribution in [0.2, 0.25) is 0 Å². The third kappa shape index (κ3) is 5.29. The first-order chi connectivity index (χ1) is 16.2. The van der Waals surface area contributed by atoms with Crippen LogP contribution in [0.1, 0.15) is 37.7 Å². The van der Waals surface area contributed by atoms with E-state index in [2.05, 4.69) is 15.3 Å². The highest BCUT2D eigenvalue weighted by Gasteiger charge is 2.33. The van der Waals surface area contributed by atoms with Gasteiger partial charge in [-0.05, 0) is 23.6 Å². The largest absolute Gasteiger partial charge is 0.460 e. The van der Waals surface area contributed by atoms with Gasteiger partial charge in [0.2, 0.25) is 0 Å². The molecule has 174 valence electrons. The highest BCUT2D eigenvalue weighted by atomic mass is 32.1. The summed E-state index contributed by atoms with van der Waals surface area (Å²) in [4.78, 5) is 45.4. The molecule has 12 heteroatoms. The zero-order valence-corrected chi connectivity index (χ0v) is 18.7. The highest BCUT2D eigenvalue weighted by molar-refractivity contribution is 7.20. The van der Waals surface area contributed by atoms with Crippen molar-refractivity contribution in [3.8, 4) is 0 Å². The summed E-state index contributed by atoms with van der Waals surface area (Å²) in [6.07, 6.45) is -2.18. The number of alkyl halides is 3. The van der Waals surface area contributed by atoms with Crippen LogP contribution >= 0.6 is 22.7 Å². The number of nitrogens with one attached hydrogen (secondary N) is 1. The van der Waals surface area contributed by atoms with Gasteiger partial charge in [0.25, 0.3) is 5.91 Å². The predicted molar refractivity (Wildman–Crippen MR) is 120 cm³/mol. The van der Waals surface area contributed by atoms with Crippen molar-refractivity contribution < 1.29 is 32.3 Å². The molecule has 0 saturated carbocycles. The molecule has 0 bridgehead atoms. The van der Waals surface area contributed by atoms with Crippen molar-refractivity contribution in [2.24, 2.45) is 0 Å². The number of thiazole rings is 1.